The van der Waals surface area contributed by atoms with Crippen molar-refractivity contribution in [3.8, 4) is 5.75 Å². The van der Waals surface area contributed by atoms with Gasteiger partial charge in [-0.1, -0.05) is 18.9 Å². The van der Waals surface area contributed by atoms with Crippen LogP contribution in [0.2, 0.25) is 0 Å². The molecule has 5 aliphatic rings. The minimum atomic E-state index is -3.65. The molecule has 8 rings (SSSR count). The van der Waals surface area contributed by atoms with Crippen LogP contribution in [0.15, 0.2) is 36.5 Å². The minimum absolute atomic E-state index is 0.0217. The van der Waals surface area contributed by atoms with E-state index in [2.05, 4.69) is 36.6 Å². The number of likely N-dealkylation sites (tertiary alicyclic amines) is 1. The van der Waals surface area contributed by atoms with Gasteiger partial charge in [-0.25, -0.2) is 9.37 Å². The van der Waals surface area contributed by atoms with E-state index in [0.717, 1.165) is 28.7 Å². The van der Waals surface area contributed by atoms with Crippen molar-refractivity contribution in [2.45, 2.75) is 75.4 Å². The van der Waals surface area contributed by atoms with E-state index < -0.39 is 59.8 Å². The highest BCUT2D eigenvalue weighted by Gasteiger charge is 2.49. The fourth-order valence-corrected chi connectivity index (χ4v) is 9.26. The monoisotopic (exact) mass is 947 g/mol. The number of methoxy groups -OCH3 is 1. The molecule has 0 bridgehead atoms. The Balaban J connectivity index is 0.762. The third kappa shape index (κ3) is 10.0. The fraction of sp³-hybridized carbons (Fsp3) is 0.489. The molecule has 20 nitrogen and oxygen atoms in total. The molecule has 23 heteroatoms. The van der Waals surface area contributed by atoms with Crippen LogP contribution in [0.4, 0.5) is 42.0 Å². The Bertz CT molecular complexity index is 2500. The average Bonchev–Trinajstić information content (AvgIpc) is 3.93. The summed E-state index contributed by atoms with van der Waals surface area (Å²) in [4.78, 5) is 103. The predicted molar refractivity (Wildman–Crippen MR) is 239 cm³/mol. The second-order valence-corrected chi connectivity index (χ2v) is 17.3. The minimum Gasteiger partial charge on any atom is -0.495 e. The summed E-state index contributed by atoms with van der Waals surface area (Å²) in [6.45, 7) is 1.23. The number of carbonyl (C=O) groups is 7. The Morgan fingerprint density at radius 3 is 2.44 bits per heavy atom. The molecule has 4 aliphatic heterocycles. The van der Waals surface area contributed by atoms with E-state index in [0.29, 0.717) is 44.5 Å². The van der Waals surface area contributed by atoms with Gasteiger partial charge in [0.25, 0.3) is 23.6 Å². The summed E-state index contributed by atoms with van der Waals surface area (Å²) >= 11 is 0. The van der Waals surface area contributed by atoms with Crippen LogP contribution in [0, 0.1) is 5.82 Å². The number of ether oxygens (including phenoxy) is 2. The van der Waals surface area contributed by atoms with E-state index in [1.807, 2.05) is 4.90 Å². The molecule has 0 radical (unpaired) electrons. The van der Waals surface area contributed by atoms with Crippen LogP contribution < -0.4 is 41.1 Å². The highest BCUT2D eigenvalue weighted by atomic mass is 19.3. The normalized spacial score (nSPS) is 19.9. The number of piperidine rings is 2. The molecule has 2 aromatic carbocycles. The van der Waals surface area contributed by atoms with Crippen molar-refractivity contribution >= 4 is 70.2 Å². The summed E-state index contributed by atoms with van der Waals surface area (Å²) in [6.07, 6.45) is 5.40. The Hall–Kier alpha value is -6.88. The number of halogens is 3. The molecule has 1 unspecified atom stereocenters. The molecule has 362 valence electrons. The van der Waals surface area contributed by atoms with E-state index >= 15 is 13.2 Å². The second kappa shape index (κ2) is 20.1. The lowest BCUT2D eigenvalue weighted by atomic mass is 10.0. The third-order valence-electron chi connectivity index (χ3n) is 12.8. The van der Waals surface area contributed by atoms with Gasteiger partial charge in [0.2, 0.25) is 23.7 Å². The van der Waals surface area contributed by atoms with E-state index in [9.17, 15) is 33.6 Å². The first kappa shape index (κ1) is 47.6. The van der Waals surface area contributed by atoms with Gasteiger partial charge in [-0.15, -0.1) is 0 Å². The molecule has 68 heavy (non-hydrogen) atoms. The number of benzene rings is 2. The summed E-state index contributed by atoms with van der Waals surface area (Å²) in [6, 6.07) is 5.48. The molecule has 0 spiro atoms. The van der Waals surface area contributed by atoms with Crippen molar-refractivity contribution in [3.63, 3.8) is 0 Å². The van der Waals surface area contributed by atoms with Crippen molar-refractivity contribution in [1.29, 1.82) is 0 Å². The molecule has 5 N–H and O–H groups in total. The van der Waals surface area contributed by atoms with Crippen molar-refractivity contribution in [3.05, 3.63) is 59.0 Å². The Labute approximate surface area is 388 Å². The third-order valence-corrected chi connectivity index (χ3v) is 12.8. The van der Waals surface area contributed by atoms with Crippen LogP contribution in [0.25, 0.3) is 0 Å². The zero-order chi connectivity index (χ0) is 48.3. The summed E-state index contributed by atoms with van der Waals surface area (Å²) in [5, 5.41) is 13.9. The molecule has 5 heterocycles. The van der Waals surface area contributed by atoms with Crippen LogP contribution in [0.5, 0.6) is 5.75 Å². The summed E-state index contributed by atoms with van der Waals surface area (Å²) in [7, 11) is 2.59. The number of amides is 7. The smallest absolute Gasteiger partial charge is 0.342 e. The van der Waals surface area contributed by atoms with Crippen LogP contribution >= 0.6 is 0 Å². The van der Waals surface area contributed by atoms with Gasteiger partial charge in [-0.2, -0.15) is 13.8 Å². The summed E-state index contributed by atoms with van der Waals surface area (Å²) in [5.41, 5.74) is 0.648. The number of fused-ring (bicyclic) bond motifs is 2. The van der Waals surface area contributed by atoms with Crippen molar-refractivity contribution < 1.29 is 56.2 Å². The Morgan fingerprint density at radius 2 is 1.71 bits per heavy atom. The summed E-state index contributed by atoms with van der Waals surface area (Å²) in [5.74, 6) is -8.92. The topological polar surface area (TPSA) is 237 Å². The van der Waals surface area contributed by atoms with Crippen LogP contribution in [0.1, 0.15) is 82.4 Å². The van der Waals surface area contributed by atoms with Crippen LogP contribution in [-0.4, -0.2) is 152 Å². The number of aromatic nitrogens is 2. The highest BCUT2D eigenvalue weighted by Crippen LogP contribution is 2.40. The van der Waals surface area contributed by atoms with Gasteiger partial charge in [-0.3, -0.25) is 48.7 Å². The predicted octanol–water partition coefficient (Wildman–Crippen LogP) is 2.57. The number of alkyl halides is 2. The number of carbonyl (C=O) groups excluding carboxylic acids is 7. The molecule has 1 atom stereocenters. The maximum absolute atomic E-state index is 15.6. The average molecular weight is 948 g/mol. The van der Waals surface area contributed by atoms with Gasteiger partial charge >= 0.3 is 5.92 Å². The van der Waals surface area contributed by atoms with Gasteiger partial charge < -0.3 is 40.5 Å². The zero-order valence-electron chi connectivity index (χ0n) is 37.5. The Kier molecular flexibility index (Phi) is 14.1. The van der Waals surface area contributed by atoms with Gasteiger partial charge in [0.15, 0.2) is 5.82 Å². The molecular weight excluding hydrogens is 896 g/mol. The largest absolute Gasteiger partial charge is 0.495 e. The first-order valence-electron chi connectivity index (χ1n) is 22.5. The Morgan fingerprint density at radius 1 is 0.956 bits per heavy atom. The number of imide groups is 2. The number of nitrogens with one attached hydrogen (secondary N) is 5. The lowest BCUT2D eigenvalue weighted by Crippen LogP contribution is -2.54. The molecular formula is C45H52F3N11O9. The maximum Gasteiger partial charge on any atom is 0.342 e. The van der Waals surface area contributed by atoms with Gasteiger partial charge in [0, 0.05) is 63.5 Å². The molecule has 2 saturated heterocycles. The number of hydrogen-bond acceptors (Lipinski definition) is 15. The first-order chi connectivity index (χ1) is 32.6. The number of nitrogens with zero attached hydrogens (tertiary/aromatic N) is 6. The summed E-state index contributed by atoms with van der Waals surface area (Å²) < 4.78 is 56.8. The maximum atomic E-state index is 15.6. The molecule has 1 aromatic heterocycles. The van der Waals surface area contributed by atoms with E-state index in [1.165, 1.54) is 37.4 Å². The standard InChI is InChI=1S/C45H52F3N11O9/c1-56-33-22-51-44(55-38(33)58(26-6-3-4-7-26)24-45(47,48)43(56)66)53-31-21-29(46)28(20-34(31)67-2)39(62)52-25-12-16-57(17-13-25)23-36(61)50-15-19-68-18-14-49-30-9-5-8-27-37(30)42(65)59(41(27)64)32-10-11-35(60)54-40(32)63/h5,8-9,20-22,25-26,32,49H,3-4,6-7,10-19,23-24H2,1-2H3,(H,50,61)(H,52,62)(H,51,53,55)(H,54,60,63). The number of hydrogen-bond donors (Lipinski definition) is 5. The van der Waals surface area contributed by atoms with E-state index in [1.54, 1.807) is 12.1 Å². The second-order valence-electron chi connectivity index (χ2n) is 17.3. The van der Waals surface area contributed by atoms with E-state index in [-0.39, 0.29) is 109 Å². The van der Waals surface area contributed by atoms with Crippen LogP contribution in [0.3, 0.4) is 0 Å². The molecule has 3 fully saturated rings. The van der Waals surface area contributed by atoms with Crippen molar-refractivity contribution in [2.24, 2.45) is 0 Å². The van der Waals surface area contributed by atoms with Gasteiger partial charge in [0.05, 0.1) is 62.0 Å². The lowest BCUT2D eigenvalue weighted by Gasteiger charge is -2.32. The van der Waals surface area contributed by atoms with Gasteiger partial charge in [-0.05, 0) is 50.3 Å². The first-order valence-corrected chi connectivity index (χ1v) is 22.5. The number of anilines is 5. The molecule has 1 saturated carbocycles. The fourth-order valence-electron chi connectivity index (χ4n) is 9.26. The molecule has 3 aromatic rings. The molecule has 1 aliphatic carbocycles. The van der Waals surface area contributed by atoms with E-state index in [4.69, 9.17) is 9.47 Å². The SMILES string of the molecule is COc1cc(C(=O)NC2CCN(CC(=O)NCCOCCNc3cccc4c3C(=O)N(C3CCC(=O)NC3=O)C4=O)CC2)c(F)cc1Nc1ncc2c(n1)N(C1CCCC1)CC(F)(F)C(=O)N2C. The van der Waals surface area contributed by atoms with Crippen LogP contribution in [-0.2, 0) is 23.9 Å². The number of rotatable bonds is 16. The quantitative estimate of drug-likeness (QED) is 0.103. The lowest BCUT2D eigenvalue weighted by molar-refractivity contribution is -0.140. The van der Waals surface area contributed by atoms with Gasteiger partial charge in [0.1, 0.15) is 23.3 Å². The molecule has 7 amide bonds. The van der Waals surface area contributed by atoms with Crippen molar-refractivity contribution in [1.82, 2.24) is 35.7 Å². The zero-order valence-corrected chi connectivity index (χ0v) is 37.5. The van der Waals surface area contributed by atoms with Crippen molar-refractivity contribution in [2.75, 3.05) is 87.1 Å². The highest BCUT2D eigenvalue weighted by molar-refractivity contribution is 6.25.